The van der Waals surface area contributed by atoms with Gasteiger partial charge >= 0.3 is 0 Å². The normalized spacial score (nSPS) is 11.1. The molecule has 108 valence electrons. The largest absolute Gasteiger partial charge is 0.341 e. The molecule has 0 N–H and O–H groups in total. The van der Waals surface area contributed by atoms with E-state index < -0.39 is 0 Å². The van der Waals surface area contributed by atoms with Crippen molar-refractivity contribution in [2.45, 2.75) is 26.9 Å². The Morgan fingerprint density at radius 2 is 2.14 bits per heavy atom. The highest BCUT2D eigenvalue weighted by molar-refractivity contribution is 5.89. The SMILES string of the molecule is CCn1nc(C)cc1Cn1ccc2c([N+](=O)[O-])cccc21. The lowest BCUT2D eigenvalue weighted by Crippen LogP contribution is -2.07. The first-order valence-electron chi connectivity index (χ1n) is 6.85. The molecule has 0 saturated heterocycles. The van der Waals surface area contributed by atoms with Crippen LogP contribution in [0.25, 0.3) is 10.9 Å². The standard InChI is InChI=1S/C15H16N4O2/c1-3-18-12(9-11(2)16-18)10-17-8-7-13-14(17)5-4-6-15(13)19(20)21/h4-9H,3,10H2,1-2H3. The third-order valence-corrected chi connectivity index (χ3v) is 3.60. The molecule has 0 fully saturated rings. The maximum atomic E-state index is 11.1. The molecule has 6 nitrogen and oxygen atoms in total. The number of aromatic nitrogens is 3. The second-order valence-corrected chi connectivity index (χ2v) is 5.00. The first kappa shape index (κ1) is 13.4. The third kappa shape index (κ3) is 2.29. The third-order valence-electron chi connectivity index (χ3n) is 3.60. The highest BCUT2D eigenvalue weighted by atomic mass is 16.6. The van der Waals surface area contributed by atoms with Crippen molar-refractivity contribution in [1.29, 1.82) is 0 Å². The fraction of sp³-hybridized carbons (Fsp3) is 0.267. The average molecular weight is 284 g/mol. The van der Waals surface area contributed by atoms with E-state index in [9.17, 15) is 10.1 Å². The summed E-state index contributed by atoms with van der Waals surface area (Å²) in [7, 11) is 0. The van der Waals surface area contributed by atoms with Crippen LogP contribution in [0.5, 0.6) is 0 Å². The molecule has 0 bridgehead atoms. The lowest BCUT2D eigenvalue weighted by atomic mass is 10.2. The van der Waals surface area contributed by atoms with Crippen LogP contribution in [0.4, 0.5) is 5.69 Å². The van der Waals surface area contributed by atoms with Crippen LogP contribution in [0.1, 0.15) is 18.3 Å². The van der Waals surface area contributed by atoms with Crippen molar-refractivity contribution in [2.75, 3.05) is 0 Å². The Morgan fingerprint density at radius 1 is 1.33 bits per heavy atom. The van der Waals surface area contributed by atoms with Crippen LogP contribution in [-0.2, 0) is 13.1 Å². The van der Waals surface area contributed by atoms with Gasteiger partial charge in [0.2, 0.25) is 0 Å². The number of aryl methyl sites for hydroxylation is 2. The van der Waals surface area contributed by atoms with Crippen LogP contribution in [-0.4, -0.2) is 19.3 Å². The number of benzene rings is 1. The summed E-state index contributed by atoms with van der Waals surface area (Å²) in [5.41, 5.74) is 3.09. The predicted octanol–water partition coefficient (Wildman–Crippen LogP) is 3.12. The fourth-order valence-electron chi connectivity index (χ4n) is 2.68. The van der Waals surface area contributed by atoms with Crippen molar-refractivity contribution in [1.82, 2.24) is 14.3 Å². The number of rotatable bonds is 4. The minimum absolute atomic E-state index is 0.145. The van der Waals surface area contributed by atoms with Gasteiger partial charge in [0, 0.05) is 18.8 Å². The number of nitrogens with zero attached hydrogens (tertiary/aromatic N) is 4. The zero-order chi connectivity index (χ0) is 15.0. The molecule has 0 amide bonds. The van der Waals surface area contributed by atoms with Crippen molar-refractivity contribution in [3.05, 3.63) is 58.0 Å². The fourth-order valence-corrected chi connectivity index (χ4v) is 2.68. The summed E-state index contributed by atoms with van der Waals surface area (Å²) >= 11 is 0. The van der Waals surface area contributed by atoms with E-state index in [1.165, 1.54) is 6.07 Å². The molecule has 0 radical (unpaired) electrons. The Labute approximate surface area is 121 Å². The van der Waals surface area contributed by atoms with Gasteiger partial charge < -0.3 is 4.57 Å². The van der Waals surface area contributed by atoms with Gasteiger partial charge in [-0.25, -0.2) is 0 Å². The van der Waals surface area contributed by atoms with Gasteiger partial charge in [0.15, 0.2) is 0 Å². The Kier molecular flexibility index (Phi) is 3.21. The Balaban J connectivity index is 2.05. The van der Waals surface area contributed by atoms with Gasteiger partial charge in [-0.05, 0) is 32.0 Å². The van der Waals surface area contributed by atoms with E-state index in [0.717, 1.165) is 23.4 Å². The molecule has 0 unspecified atom stereocenters. The molecule has 0 aliphatic carbocycles. The Hall–Kier alpha value is -2.63. The van der Waals surface area contributed by atoms with E-state index in [1.807, 2.05) is 34.5 Å². The number of non-ortho nitro benzene ring substituents is 1. The summed E-state index contributed by atoms with van der Waals surface area (Å²) in [6.07, 6.45) is 1.89. The molecule has 0 saturated carbocycles. The summed E-state index contributed by atoms with van der Waals surface area (Å²) in [6, 6.07) is 9.01. The van der Waals surface area contributed by atoms with Crippen LogP contribution >= 0.6 is 0 Å². The zero-order valence-corrected chi connectivity index (χ0v) is 12.0. The quantitative estimate of drug-likeness (QED) is 0.546. The molecule has 6 heteroatoms. The van der Waals surface area contributed by atoms with Crippen molar-refractivity contribution < 1.29 is 4.92 Å². The van der Waals surface area contributed by atoms with E-state index in [2.05, 4.69) is 12.0 Å². The van der Waals surface area contributed by atoms with E-state index in [1.54, 1.807) is 12.1 Å². The number of hydrogen-bond acceptors (Lipinski definition) is 3. The summed E-state index contributed by atoms with van der Waals surface area (Å²) in [6.45, 7) is 5.48. The molecule has 0 spiro atoms. The molecule has 2 aromatic heterocycles. The number of hydrogen-bond donors (Lipinski definition) is 0. The molecule has 0 aliphatic heterocycles. The van der Waals surface area contributed by atoms with Gasteiger partial charge in [-0.1, -0.05) is 6.07 Å². The highest BCUT2D eigenvalue weighted by Gasteiger charge is 2.14. The molecule has 0 aliphatic rings. The van der Waals surface area contributed by atoms with Crippen LogP contribution in [0.15, 0.2) is 36.5 Å². The smallest absolute Gasteiger partial charge is 0.278 e. The van der Waals surface area contributed by atoms with Gasteiger partial charge in [0.25, 0.3) is 5.69 Å². The lowest BCUT2D eigenvalue weighted by molar-refractivity contribution is -0.383. The van der Waals surface area contributed by atoms with Gasteiger partial charge in [-0.15, -0.1) is 0 Å². The molecular formula is C15H16N4O2. The topological polar surface area (TPSA) is 65.9 Å². The van der Waals surface area contributed by atoms with Crippen molar-refractivity contribution in [2.24, 2.45) is 0 Å². The second-order valence-electron chi connectivity index (χ2n) is 5.00. The summed E-state index contributed by atoms with van der Waals surface area (Å²) < 4.78 is 3.98. The first-order valence-corrected chi connectivity index (χ1v) is 6.85. The number of nitro benzene ring substituents is 1. The molecular weight excluding hydrogens is 268 g/mol. The van der Waals surface area contributed by atoms with E-state index in [4.69, 9.17) is 0 Å². The molecule has 0 atom stereocenters. The van der Waals surface area contributed by atoms with Crippen LogP contribution in [0.2, 0.25) is 0 Å². The molecule has 3 rings (SSSR count). The van der Waals surface area contributed by atoms with Crippen molar-refractivity contribution in [3.63, 3.8) is 0 Å². The Morgan fingerprint density at radius 3 is 2.86 bits per heavy atom. The Bertz CT molecular complexity index is 816. The first-order chi connectivity index (χ1) is 10.1. The number of nitro groups is 1. The van der Waals surface area contributed by atoms with Crippen molar-refractivity contribution in [3.8, 4) is 0 Å². The summed E-state index contributed by atoms with van der Waals surface area (Å²) in [4.78, 5) is 10.7. The van der Waals surface area contributed by atoms with Gasteiger partial charge in [-0.2, -0.15) is 5.10 Å². The minimum atomic E-state index is -0.340. The lowest BCUT2D eigenvalue weighted by Gasteiger charge is -2.07. The monoisotopic (exact) mass is 284 g/mol. The van der Waals surface area contributed by atoms with E-state index in [0.29, 0.717) is 11.9 Å². The highest BCUT2D eigenvalue weighted by Crippen LogP contribution is 2.26. The molecule has 3 aromatic rings. The number of fused-ring (bicyclic) bond motifs is 1. The minimum Gasteiger partial charge on any atom is -0.341 e. The summed E-state index contributed by atoms with van der Waals surface area (Å²) in [5.74, 6) is 0. The van der Waals surface area contributed by atoms with Crippen LogP contribution in [0, 0.1) is 17.0 Å². The van der Waals surface area contributed by atoms with Crippen LogP contribution in [0.3, 0.4) is 0 Å². The molecule has 1 aromatic carbocycles. The average Bonchev–Trinajstić information content (AvgIpc) is 3.02. The maximum Gasteiger partial charge on any atom is 0.278 e. The summed E-state index contributed by atoms with van der Waals surface area (Å²) in [5, 5.41) is 16.2. The van der Waals surface area contributed by atoms with Gasteiger partial charge in [-0.3, -0.25) is 14.8 Å². The predicted molar refractivity (Wildman–Crippen MR) is 80.3 cm³/mol. The maximum absolute atomic E-state index is 11.1. The molecule has 2 heterocycles. The van der Waals surface area contributed by atoms with Gasteiger partial charge in [0.05, 0.1) is 33.8 Å². The zero-order valence-electron chi connectivity index (χ0n) is 12.0. The van der Waals surface area contributed by atoms with E-state index in [-0.39, 0.29) is 10.6 Å². The second kappa shape index (κ2) is 5.05. The van der Waals surface area contributed by atoms with Crippen LogP contribution < -0.4 is 0 Å². The van der Waals surface area contributed by atoms with E-state index >= 15 is 0 Å². The van der Waals surface area contributed by atoms with Gasteiger partial charge in [0.1, 0.15) is 0 Å². The molecule has 21 heavy (non-hydrogen) atoms. The van der Waals surface area contributed by atoms with Crippen molar-refractivity contribution >= 4 is 16.6 Å².